The Bertz CT molecular complexity index is 703. The molecule has 1 atom stereocenters. The molecule has 2 aromatic rings. The maximum atomic E-state index is 12.8. The van der Waals surface area contributed by atoms with Gasteiger partial charge in [0.1, 0.15) is 0 Å². The Hall–Kier alpha value is -2.07. The lowest BCUT2D eigenvalue weighted by atomic mass is 9.81. The van der Waals surface area contributed by atoms with Crippen molar-refractivity contribution in [3.8, 4) is 0 Å². The molecule has 0 aliphatic heterocycles. The van der Waals surface area contributed by atoms with E-state index in [4.69, 9.17) is 5.73 Å². The van der Waals surface area contributed by atoms with Gasteiger partial charge in [-0.15, -0.1) is 11.3 Å². The number of nitrogen functional groups attached to an aromatic ring is 1. The molecule has 1 aliphatic carbocycles. The number of rotatable bonds is 3. The number of hydrogen-bond acceptors (Lipinski definition) is 4. The van der Waals surface area contributed by atoms with Gasteiger partial charge >= 0.3 is 0 Å². The summed E-state index contributed by atoms with van der Waals surface area (Å²) in [6.07, 6.45) is 1.69. The average Bonchev–Trinajstić information content (AvgIpc) is 2.85. The zero-order chi connectivity index (χ0) is 15.0. The molecular weight excluding hydrogens is 280 g/mol. The molecule has 1 aromatic heterocycles. The number of nitrogens with one attached hydrogen (secondary N) is 1. The van der Waals surface area contributed by atoms with Gasteiger partial charge in [-0.25, -0.2) is 0 Å². The third-order valence-electron chi connectivity index (χ3n) is 4.06. The Morgan fingerprint density at radius 2 is 2.10 bits per heavy atom. The summed E-state index contributed by atoms with van der Waals surface area (Å²) in [5.74, 6) is 0.141. The Labute approximate surface area is 128 Å². The van der Waals surface area contributed by atoms with E-state index in [0.29, 0.717) is 5.00 Å². The predicted octanol–water partition coefficient (Wildman–Crippen LogP) is 3.43. The van der Waals surface area contributed by atoms with Crippen molar-refractivity contribution in [1.29, 1.82) is 0 Å². The first-order valence-corrected chi connectivity index (χ1v) is 7.82. The zero-order valence-corrected chi connectivity index (χ0v) is 12.8. The fourth-order valence-electron chi connectivity index (χ4n) is 2.96. The summed E-state index contributed by atoms with van der Waals surface area (Å²) in [7, 11) is 1.82. The third-order valence-corrected chi connectivity index (χ3v) is 5.14. The molecular formula is C17H18N2OS. The van der Waals surface area contributed by atoms with Gasteiger partial charge in [0, 0.05) is 24.2 Å². The van der Waals surface area contributed by atoms with Crippen molar-refractivity contribution in [3.05, 3.63) is 58.5 Å². The van der Waals surface area contributed by atoms with E-state index in [0.717, 1.165) is 40.1 Å². The van der Waals surface area contributed by atoms with E-state index in [2.05, 4.69) is 11.9 Å². The molecule has 0 unspecified atom stereocenters. The van der Waals surface area contributed by atoms with E-state index in [9.17, 15) is 4.79 Å². The Balaban J connectivity index is 2.02. The van der Waals surface area contributed by atoms with E-state index < -0.39 is 0 Å². The van der Waals surface area contributed by atoms with Gasteiger partial charge in [-0.3, -0.25) is 4.79 Å². The van der Waals surface area contributed by atoms with Crippen LogP contribution in [0.2, 0.25) is 0 Å². The topological polar surface area (TPSA) is 55.1 Å². The van der Waals surface area contributed by atoms with Crippen LogP contribution < -0.4 is 11.1 Å². The average molecular weight is 298 g/mol. The standard InChI is InChI=1S/C17H18N2OS/c1-10(19-2)14-13-9-8-12(11-6-4-3-5-7-11)15(20)16(13)21-17(14)18/h3-7,12,19H,1,8-9,18H2,2H3/t12-/m1/s1. The molecule has 0 amide bonds. The quantitative estimate of drug-likeness (QED) is 0.912. The number of hydrogen-bond donors (Lipinski definition) is 2. The lowest BCUT2D eigenvalue weighted by Crippen LogP contribution is -2.20. The number of thiophene rings is 1. The molecule has 3 nitrogen and oxygen atoms in total. The fourth-order valence-corrected chi connectivity index (χ4v) is 4.10. The number of carbonyl (C=O) groups excluding carboxylic acids is 1. The molecule has 1 aliphatic rings. The smallest absolute Gasteiger partial charge is 0.180 e. The highest BCUT2D eigenvalue weighted by Crippen LogP contribution is 2.42. The van der Waals surface area contributed by atoms with Crippen LogP contribution in [0.5, 0.6) is 0 Å². The van der Waals surface area contributed by atoms with Crippen molar-refractivity contribution in [2.45, 2.75) is 18.8 Å². The fraction of sp³-hybridized carbons (Fsp3) is 0.235. The van der Waals surface area contributed by atoms with Crippen LogP contribution >= 0.6 is 11.3 Å². The second-order valence-electron chi connectivity index (χ2n) is 5.24. The molecule has 4 heteroatoms. The summed E-state index contributed by atoms with van der Waals surface area (Å²) >= 11 is 1.39. The summed E-state index contributed by atoms with van der Waals surface area (Å²) in [5.41, 5.74) is 9.98. The monoisotopic (exact) mass is 298 g/mol. The number of ketones is 1. The van der Waals surface area contributed by atoms with E-state index in [1.807, 2.05) is 37.4 Å². The highest BCUT2D eigenvalue weighted by molar-refractivity contribution is 7.18. The van der Waals surface area contributed by atoms with Crippen LogP contribution in [-0.4, -0.2) is 12.8 Å². The summed E-state index contributed by atoms with van der Waals surface area (Å²) in [4.78, 5) is 13.6. The number of fused-ring (bicyclic) bond motifs is 1. The van der Waals surface area contributed by atoms with Crippen LogP contribution in [-0.2, 0) is 6.42 Å². The second-order valence-corrected chi connectivity index (χ2v) is 6.30. The van der Waals surface area contributed by atoms with Crippen LogP contribution in [0.4, 0.5) is 5.00 Å². The first-order valence-electron chi connectivity index (χ1n) is 7.00. The minimum atomic E-state index is -0.0487. The molecule has 21 heavy (non-hydrogen) atoms. The number of anilines is 1. The van der Waals surface area contributed by atoms with Crippen LogP contribution in [0, 0.1) is 0 Å². The summed E-state index contributed by atoms with van der Waals surface area (Å²) in [5, 5.41) is 3.72. The van der Waals surface area contributed by atoms with E-state index in [-0.39, 0.29) is 11.7 Å². The van der Waals surface area contributed by atoms with E-state index in [1.165, 1.54) is 11.3 Å². The second kappa shape index (κ2) is 5.37. The summed E-state index contributed by atoms with van der Waals surface area (Å²) in [6.45, 7) is 3.99. The molecule has 3 rings (SSSR count). The van der Waals surface area contributed by atoms with E-state index >= 15 is 0 Å². The van der Waals surface area contributed by atoms with Crippen molar-refractivity contribution in [2.75, 3.05) is 12.8 Å². The first-order chi connectivity index (χ1) is 10.1. The molecule has 1 heterocycles. The first kappa shape index (κ1) is 13.9. The predicted molar refractivity (Wildman–Crippen MR) is 88.7 cm³/mol. The molecule has 0 spiro atoms. The summed E-state index contributed by atoms with van der Waals surface area (Å²) in [6, 6.07) is 9.99. The maximum Gasteiger partial charge on any atom is 0.180 e. The molecule has 0 saturated heterocycles. The van der Waals surface area contributed by atoms with Crippen molar-refractivity contribution in [3.63, 3.8) is 0 Å². The minimum absolute atomic E-state index is 0.0487. The molecule has 0 fully saturated rings. The van der Waals surface area contributed by atoms with Gasteiger partial charge in [-0.1, -0.05) is 36.9 Å². The Kier molecular flexibility index (Phi) is 3.55. The van der Waals surface area contributed by atoms with Crippen LogP contribution in [0.1, 0.15) is 38.7 Å². The zero-order valence-electron chi connectivity index (χ0n) is 12.0. The van der Waals surface area contributed by atoms with Crippen molar-refractivity contribution in [1.82, 2.24) is 5.32 Å². The molecule has 1 aromatic carbocycles. The highest BCUT2D eigenvalue weighted by Gasteiger charge is 2.33. The van der Waals surface area contributed by atoms with Crippen molar-refractivity contribution >= 4 is 27.8 Å². The molecule has 0 radical (unpaired) electrons. The lowest BCUT2D eigenvalue weighted by Gasteiger charge is -2.22. The molecule has 0 bridgehead atoms. The lowest BCUT2D eigenvalue weighted by molar-refractivity contribution is 0.0951. The number of benzene rings is 1. The molecule has 0 saturated carbocycles. The van der Waals surface area contributed by atoms with Gasteiger partial charge in [0.2, 0.25) is 0 Å². The van der Waals surface area contributed by atoms with Crippen molar-refractivity contribution in [2.24, 2.45) is 0 Å². The Morgan fingerprint density at radius 3 is 2.76 bits per heavy atom. The van der Waals surface area contributed by atoms with Crippen molar-refractivity contribution < 1.29 is 4.79 Å². The molecule has 108 valence electrons. The van der Waals surface area contributed by atoms with Crippen LogP contribution in [0.25, 0.3) is 5.70 Å². The van der Waals surface area contributed by atoms with Gasteiger partial charge in [-0.05, 0) is 24.0 Å². The molecule has 3 N–H and O–H groups in total. The Morgan fingerprint density at radius 1 is 1.38 bits per heavy atom. The normalized spacial score (nSPS) is 17.4. The maximum absolute atomic E-state index is 12.8. The number of nitrogens with two attached hydrogens (primary N) is 1. The van der Waals surface area contributed by atoms with Gasteiger partial charge < -0.3 is 11.1 Å². The largest absolute Gasteiger partial charge is 0.390 e. The minimum Gasteiger partial charge on any atom is -0.390 e. The summed E-state index contributed by atoms with van der Waals surface area (Å²) < 4.78 is 0. The van der Waals surface area contributed by atoms with Crippen LogP contribution in [0.3, 0.4) is 0 Å². The van der Waals surface area contributed by atoms with Gasteiger partial charge in [0.25, 0.3) is 0 Å². The number of Topliss-reactive ketones (excluding diaryl/α,β-unsaturated/α-hetero) is 1. The van der Waals surface area contributed by atoms with Gasteiger partial charge in [-0.2, -0.15) is 0 Å². The van der Waals surface area contributed by atoms with Crippen LogP contribution in [0.15, 0.2) is 36.9 Å². The van der Waals surface area contributed by atoms with E-state index in [1.54, 1.807) is 0 Å². The van der Waals surface area contributed by atoms with Gasteiger partial charge in [0.15, 0.2) is 5.78 Å². The van der Waals surface area contributed by atoms with Gasteiger partial charge in [0.05, 0.1) is 9.88 Å². The number of carbonyl (C=O) groups is 1. The SMILES string of the molecule is C=C(NC)c1c(N)sc2c1CC[C@H](c1ccccc1)C2=O. The highest BCUT2D eigenvalue weighted by atomic mass is 32.1. The third kappa shape index (κ3) is 2.25.